The summed E-state index contributed by atoms with van der Waals surface area (Å²) in [5.41, 5.74) is 14.0. The van der Waals surface area contributed by atoms with Crippen LogP contribution in [0.15, 0.2) is 183 Å². The molecule has 0 spiro atoms. The molecule has 8 rings (SSSR count). The molecule has 10 N–H and O–H groups in total. The van der Waals surface area contributed by atoms with E-state index >= 15 is 0 Å². The van der Waals surface area contributed by atoms with Crippen LogP contribution < -0.4 is 11.5 Å². The van der Waals surface area contributed by atoms with E-state index in [2.05, 4.69) is 40.9 Å². The predicted octanol–water partition coefficient (Wildman–Crippen LogP) is 10.1. The van der Waals surface area contributed by atoms with Crippen LogP contribution in [0, 0.1) is 6.92 Å². The quantitative estimate of drug-likeness (QED) is 0.0230. The van der Waals surface area contributed by atoms with Gasteiger partial charge in [-0.05, 0) is 108 Å². The van der Waals surface area contributed by atoms with E-state index in [9.17, 15) is 59.0 Å². The Bertz CT molecular complexity index is 4060. The van der Waals surface area contributed by atoms with Crippen molar-refractivity contribution in [2.45, 2.75) is 21.6 Å². The molecule has 76 heavy (non-hydrogen) atoms. The summed E-state index contributed by atoms with van der Waals surface area (Å²) in [5.74, 6) is -2.66. The Morgan fingerprint density at radius 3 is 1.51 bits per heavy atom. The number of fused-ring (bicyclic) bond motifs is 2. The number of phenolic OH excluding ortho intramolecular Hbond substituents is 1. The number of rotatable bonds is 13. The minimum Gasteiger partial charge on any atom is -0.507 e. The van der Waals surface area contributed by atoms with Crippen molar-refractivity contribution in [3.05, 3.63) is 139 Å². The molecule has 0 saturated heterocycles. The van der Waals surface area contributed by atoms with Crippen molar-refractivity contribution in [3.63, 3.8) is 0 Å². The summed E-state index contributed by atoms with van der Waals surface area (Å²) in [6.07, 6.45) is 0. The van der Waals surface area contributed by atoms with E-state index in [0.717, 1.165) is 41.5 Å². The fourth-order valence-corrected chi connectivity index (χ4v) is 9.14. The molecule has 0 atom stereocenters. The van der Waals surface area contributed by atoms with Gasteiger partial charge in [-0.1, -0.05) is 48.5 Å². The normalized spacial score (nSPS) is 11.9. The fourth-order valence-electron chi connectivity index (χ4n) is 7.15. The summed E-state index contributed by atoms with van der Waals surface area (Å²) in [4.78, 5) is 8.92. The Hall–Kier alpha value is -4.92. The van der Waals surface area contributed by atoms with Gasteiger partial charge in [-0.15, -0.1) is 25.6 Å². The molecule has 0 bridgehead atoms. The van der Waals surface area contributed by atoms with Crippen molar-refractivity contribution in [1.29, 1.82) is 0 Å². The molecule has 0 aliphatic heterocycles. The first-order chi connectivity index (χ1) is 34.0. The fraction of sp³-hybridized carbons (Fsp3) is 0.0217. The molecule has 0 aromatic heterocycles. The summed E-state index contributed by atoms with van der Waals surface area (Å²) >= 11 is 0. The Morgan fingerprint density at radius 2 is 0.947 bits per heavy atom. The molecule has 0 fully saturated rings. The third-order valence-electron chi connectivity index (χ3n) is 10.7. The molecule has 368 valence electrons. The van der Waals surface area contributed by atoms with Gasteiger partial charge >= 0.3 is 5.97 Å². The number of aryl methyl sites for hydroxylation is 1. The van der Waals surface area contributed by atoms with Crippen LogP contribution in [-0.2, 0) is 30.4 Å². The van der Waals surface area contributed by atoms with Crippen LogP contribution >= 0.6 is 0 Å². The van der Waals surface area contributed by atoms with Crippen LogP contribution in [0.5, 0.6) is 11.5 Å². The second kappa shape index (κ2) is 25.7. The third-order valence-corrected chi connectivity index (χ3v) is 13.4. The van der Waals surface area contributed by atoms with Crippen molar-refractivity contribution in [3.8, 4) is 22.6 Å². The number of aromatic hydroxyl groups is 2. The van der Waals surface area contributed by atoms with Crippen molar-refractivity contribution in [1.82, 2.24) is 0 Å². The predicted molar refractivity (Wildman–Crippen MR) is 286 cm³/mol. The van der Waals surface area contributed by atoms with Gasteiger partial charge in [0.15, 0.2) is 5.75 Å². The smallest absolute Gasteiger partial charge is 0.339 e. The third kappa shape index (κ3) is 14.2. The molecule has 4 radical (unpaired) electrons. The van der Waals surface area contributed by atoms with Crippen LogP contribution in [0.1, 0.15) is 15.9 Å². The zero-order chi connectivity index (χ0) is 51.9. The van der Waals surface area contributed by atoms with Crippen LogP contribution in [0.2, 0.25) is 0 Å². The van der Waals surface area contributed by atoms with E-state index in [1.54, 1.807) is 55.5 Å². The summed E-state index contributed by atoms with van der Waals surface area (Å²) in [5, 5.41) is 62.7. The molecule has 0 aliphatic carbocycles. The minimum absolute atomic E-state index is 0. The standard InChI is InChI=1S/C46H34N10O13S3.4Na/c1-23-18-36(42(48)44(41(23)47)56-50-28-12-8-25(9-13-28)24-6-10-27(11-7-24)49-51-29-14-16-37(57)33(21-29)46(59)60)54-53-35-22-32-26(19-39(35)71(64,65)66)20-40(72(67,68)69)43(45(32)58)55-52-34-15-17-38(70(61,62)63)31-5-3-2-4-30(31)34;;;;/h2-22,57-58H,47-48H2,1H3,(H,59,60)(H,61,62,63)(H,64,65,66)(H,67,68,69);;;;. The maximum Gasteiger partial charge on any atom is 0.339 e. The number of carboxylic acids is 1. The Kier molecular flexibility index (Phi) is 21.5. The molecule has 0 unspecified atom stereocenters. The van der Waals surface area contributed by atoms with Gasteiger partial charge in [-0.3, -0.25) is 13.7 Å². The van der Waals surface area contributed by atoms with Gasteiger partial charge in [-0.25, -0.2) is 4.79 Å². The molecule has 0 aliphatic rings. The number of azo groups is 4. The van der Waals surface area contributed by atoms with E-state index in [0.29, 0.717) is 16.9 Å². The van der Waals surface area contributed by atoms with Crippen molar-refractivity contribution in [2.24, 2.45) is 40.9 Å². The minimum atomic E-state index is -5.23. The number of carboxylic acid groups (broad SMARTS) is 1. The zero-order valence-electron chi connectivity index (χ0n) is 40.6. The molecule has 8 aromatic rings. The second-order valence-electron chi connectivity index (χ2n) is 15.5. The number of carbonyl (C=O) groups is 1. The Morgan fingerprint density at radius 1 is 0.461 bits per heavy atom. The first-order valence-corrected chi connectivity index (χ1v) is 24.7. The molecule has 23 nitrogen and oxygen atoms in total. The van der Waals surface area contributed by atoms with Crippen molar-refractivity contribution in [2.75, 3.05) is 11.5 Å². The topological polar surface area (TPSA) is 392 Å². The van der Waals surface area contributed by atoms with Gasteiger partial charge in [0.1, 0.15) is 48.7 Å². The monoisotopic (exact) mass is 1120 g/mol. The SMILES string of the molecule is Cc1cc(N=Nc2cc3c(O)c(N=Nc4ccc(S(=O)(=O)O)c5ccccc45)c(S(=O)(=O)O)cc3cc2S(=O)(=O)O)c(N)c(N=Nc2ccc(-c3ccc(N=Nc4ccc(O)c(C(=O)O)c4)cc3)cc2)c1N.[Na].[Na].[Na].[Na]. The van der Waals surface area contributed by atoms with Gasteiger partial charge in [0.05, 0.1) is 34.1 Å². The Labute approximate surface area is 520 Å². The first-order valence-electron chi connectivity index (χ1n) is 20.4. The van der Waals surface area contributed by atoms with E-state index in [4.69, 9.17) is 11.5 Å². The van der Waals surface area contributed by atoms with E-state index in [1.165, 1.54) is 48.5 Å². The van der Waals surface area contributed by atoms with Crippen LogP contribution in [0.3, 0.4) is 0 Å². The molecular weight excluding hydrogens is 1090 g/mol. The number of benzene rings is 8. The summed E-state index contributed by atoms with van der Waals surface area (Å²) in [7, 11) is -15.1. The molecule has 30 heteroatoms. The number of nitrogen functional groups attached to an aromatic ring is 2. The molecule has 0 heterocycles. The number of nitrogens with two attached hydrogens (primary N) is 2. The second-order valence-corrected chi connectivity index (χ2v) is 19.6. The van der Waals surface area contributed by atoms with Crippen LogP contribution in [0.25, 0.3) is 32.7 Å². The maximum atomic E-state index is 12.7. The number of aromatic carboxylic acids is 1. The van der Waals surface area contributed by atoms with Gasteiger partial charge in [0, 0.05) is 134 Å². The average Bonchev–Trinajstić information content (AvgIpc) is 3.33. The van der Waals surface area contributed by atoms with Crippen molar-refractivity contribution >= 4 is 233 Å². The van der Waals surface area contributed by atoms with Gasteiger partial charge in [0.2, 0.25) is 0 Å². The molecule has 0 amide bonds. The number of nitrogens with zero attached hydrogens (tertiary/aromatic N) is 8. The largest absolute Gasteiger partial charge is 0.507 e. The molecule has 8 aromatic carbocycles. The number of phenols is 2. The van der Waals surface area contributed by atoms with Gasteiger partial charge < -0.3 is 26.8 Å². The van der Waals surface area contributed by atoms with Crippen LogP contribution in [-0.4, -0.2) is 178 Å². The average molecular weight is 1120 g/mol. The number of hydrogen-bond donors (Lipinski definition) is 8. The summed E-state index contributed by atoms with van der Waals surface area (Å²) in [6.45, 7) is 1.60. The van der Waals surface area contributed by atoms with Gasteiger partial charge in [-0.2, -0.15) is 40.6 Å². The summed E-state index contributed by atoms with van der Waals surface area (Å²) < 4.78 is 105. The van der Waals surface area contributed by atoms with Gasteiger partial charge in [0.25, 0.3) is 30.4 Å². The number of hydrogen-bond acceptors (Lipinski definition) is 19. The number of anilines is 2. The van der Waals surface area contributed by atoms with Crippen molar-refractivity contribution < 1.29 is 59.0 Å². The van der Waals surface area contributed by atoms with E-state index in [-0.39, 0.29) is 179 Å². The Balaban J connectivity index is 0.00000312. The van der Waals surface area contributed by atoms with Crippen LogP contribution in [0.4, 0.5) is 56.9 Å². The van der Waals surface area contributed by atoms with E-state index in [1.807, 2.05) is 0 Å². The van der Waals surface area contributed by atoms with E-state index < -0.39 is 73.9 Å². The summed E-state index contributed by atoms with van der Waals surface area (Å²) in [6, 6.07) is 29.6. The maximum absolute atomic E-state index is 12.7. The first kappa shape index (κ1) is 63.6. The zero-order valence-corrected chi connectivity index (χ0v) is 51.1. The molecular formula is C46H34N10Na4O13S3. The molecule has 0 saturated carbocycles.